The van der Waals surface area contributed by atoms with E-state index in [9.17, 15) is 4.79 Å². The Bertz CT molecular complexity index is 779. The van der Waals surface area contributed by atoms with Crippen molar-refractivity contribution in [2.75, 3.05) is 12.4 Å². The van der Waals surface area contributed by atoms with E-state index in [1.54, 1.807) is 19.2 Å². The Morgan fingerprint density at radius 2 is 1.46 bits per heavy atom. The minimum absolute atomic E-state index is 0.161. The maximum absolute atomic E-state index is 12.9. The van der Waals surface area contributed by atoms with Crippen LogP contribution in [0.25, 0.3) is 0 Å². The number of methoxy groups -OCH3 is 1. The van der Waals surface area contributed by atoms with E-state index in [4.69, 9.17) is 16.3 Å². The molecule has 0 aromatic heterocycles. The number of nitrogens with one attached hydrogen (secondary N) is 1. The molecule has 0 saturated carbocycles. The molecule has 0 atom stereocenters. The zero-order valence-corrected chi connectivity index (χ0v) is 17.4. The normalized spacial score (nSPS) is 12.0. The third kappa shape index (κ3) is 4.39. The van der Waals surface area contributed by atoms with Crippen molar-refractivity contribution in [1.82, 2.24) is 0 Å². The van der Waals surface area contributed by atoms with Crippen LogP contribution in [0.15, 0.2) is 36.4 Å². The van der Waals surface area contributed by atoms with E-state index in [0.29, 0.717) is 16.3 Å². The fraction of sp³-hybridized carbons (Fsp3) is 0.409. The average molecular weight is 374 g/mol. The molecule has 2 aromatic rings. The molecule has 4 heteroatoms. The summed E-state index contributed by atoms with van der Waals surface area (Å²) in [5.41, 5.74) is 2.90. The standard InChI is InChI=1S/C22H28ClNO2/c1-21(2,3)15-12-14(13-16(19(15)26-7)22(4,5)6)20(25)24-18-11-9-8-10-17(18)23/h8-13H,1-7H3,(H,24,25). The highest BCUT2D eigenvalue weighted by molar-refractivity contribution is 6.33. The molecule has 1 N–H and O–H groups in total. The molecule has 0 saturated heterocycles. The highest BCUT2D eigenvalue weighted by Gasteiger charge is 2.28. The minimum Gasteiger partial charge on any atom is -0.496 e. The third-order valence-corrected chi connectivity index (χ3v) is 4.62. The summed E-state index contributed by atoms with van der Waals surface area (Å²) >= 11 is 6.18. The number of benzene rings is 2. The molecule has 0 unspecified atom stereocenters. The van der Waals surface area contributed by atoms with Gasteiger partial charge in [-0.05, 0) is 35.1 Å². The number of halogens is 1. The molecule has 140 valence electrons. The van der Waals surface area contributed by atoms with Gasteiger partial charge in [0.05, 0.1) is 17.8 Å². The highest BCUT2D eigenvalue weighted by Crippen LogP contribution is 2.40. The van der Waals surface area contributed by atoms with Gasteiger partial charge >= 0.3 is 0 Å². The lowest BCUT2D eigenvalue weighted by Crippen LogP contribution is -2.22. The number of rotatable bonds is 3. The maximum atomic E-state index is 12.9. The third-order valence-electron chi connectivity index (χ3n) is 4.29. The Kier molecular flexibility index (Phi) is 5.72. The summed E-state index contributed by atoms with van der Waals surface area (Å²) in [4.78, 5) is 12.9. The van der Waals surface area contributed by atoms with Crippen molar-refractivity contribution in [1.29, 1.82) is 0 Å². The Balaban J connectivity index is 2.58. The van der Waals surface area contributed by atoms with Crippen molar-refractivity contribution in [3.63, 3.8) is 0 Å². The number of carbonyl (C=O) groups excluding carboxylic acids is 1. The smallest absolute Gasteiger partial charge is 0.255 e. The molecule has 0 fully saturated rings. The van der Waals surface area contributed by atoms with Gasteiger partial charge in [0.1, 0.15) is 5.75 Å². The Labute approximate surface area is 161 Å². The van der Waals surface area contributed by atoms with Crippen molar-refractivity contribution in [3.8, 4) is 5.75 Å². The van der Waals surface area contributed by atoms with Crippen LogP contribution in [0.5, 0.6) is 5.75 Å². The van der Waals surface area contributed by atoms with Gasteiger partial charge in [-0.15, -0.1) is 0 Å². The van der Waals surface area contributed by atoms with Gasteiger partial charge in [0.25, 0.3) is 5.91 Å². The van der Waals surface area contributed by atoms with Gasteiger partial charge < -0.3 is 10.1 Å². The number of anilines is 1. The first kappa shape index (κ1) is 20.3. The monoisotopic (exact) mass is 373 g/mol. The van der Waals surface area contributed by atoms with E-state index < -0.39 is 0 Å². The summed E-state index contributed by atoms with van der Waals surface area (Å²) in [7, 11) is 1.68. The first-order chi connectivity index (χ1) is 11.9. The predicted molar refractivity (Wildman–Crippen MR) is 110 cm³/mol. The lowest BCUT2D eigenvalue weighted by Gasteiger charge is -2.29. The van der Waals surface area contributed by atoms with E-state index in [0.717, 1.165) is 16.9 Å². The Morgan fingerprint density at radius 3 is 1.88 bits per heavy atom. The maximum Gasteiger partial charge on any atom is 0.255 e. The molecule has 1 amide bonds. The number of hydrogen-bond donors (Lipinski definition) is 1. The van der Waals surface area contributed by atoms with Crippen molar-refractivity contribution in [2.24, 2.45) is 0 Å². The number of ether oxygens (including phenoxy) is 1. The van der Waals surface area contributed by atoms with Crippen molar-refractivity contribution < 1.29 is 9.53 Å². The van der Waals surface area contributed by atoms with E-state index >= 15 is 0 Å². The van der Waals surface area contributed by atoms with Gasteiger partial charge in [-0.2, -0.15) is 0 Å². The first-order valence-electron chi connectivity index (χ1n) is 8.74. The second kappa shape index (κ2) is 7.32. The van der Waals surface area contributed by atoms with Gasteiger partial charge in [-0.3, -0.25) is 4.79 Å². The molecule has 26 heavy (non-hydrogen) atoms. The number of hydrogen-bond acceptors (Lipinski definition) is 2. The zero-order chi connectivity index (χ0) is 19.7. The lowest BCUT2D eigenvalue weighted by molar-refractivity contribution is 0.102. The SMILES string of the molecule is COc1c(C(C)(C)C)cc(C(=O)Nc2ccccc2Cl)cc1C(C)(C)C. The van der Waals surface area contributed by atoms with Gasteiger partial charge in [0, 0.05) is 16.7 Å². The second-order valence-electron chi connectivity index (χ2n) is 8.54. The summed E-state index contributed by atoms with van der Waals surface area (Å²) < 4.78 is 5.75. The minimum atomic E-state index is -0.184. The molecular weight excluding hydrogens is 346 g/mol. The van der Waals surface area contributed by atoms with Crippen LogP contribution in [-0.2, 0) is 10.8 Å². The van der Waals surface area contributed by atoms with Crippen LogP contribution < -0.4 is 10.1 Å². The zero-order valence-electron chi connectivity index (χ0n) is 16.7. The molecule has 0 spiro atoms. The molecule has 2 rings (SSSR count). The first-order valence-corrected chi connectivity index (χ1v) is 9.12. The fourth-order valence-electron chi connectivity index (χ4n) is 2.85. The van der Waals surface area contributed by atoms with Gasteiger partial charge in [-0.25, -0.2) is 0 Å². The average Bonchev–Trinajstić information content (AvgIpc) is 2.54. The highest BCUT2D eigenvalue weighted by atomic mass is 35.5. The van der Waals surface area contributed by atoms with Crippen LogP contribution in [0.3, 0.4) is 0 Å². The van der Waals surface area contributed by atoms with E-state index in [2.05, 4.69) is 46.9 Å². The number of para-hydroxylation sites is 1. The van der Waals surface area contributed by atoms with Crippen LogP contribution in [0, 0.1) is 0 Å². The fourth-order valence-corrected chi connectivity index (χ4v) is 3.03. The lowest BCUT2D eigenvalue weighted by atomic mass is 9.78. The van der Waals surface area contributed by atoms with Crippen molar-refractivity contribution >= 4 is 23.2 Å². The molecule has 0 aliphatic carbocycles. The predicted octanol–water partition coefficient (Wildman–Crippen LogP) is 6.20. The van der Waals surface area contributed by atoms with Crippen LogP contribution in [0.1, 0.15) is 63.0 Å². The van der Waals surface area contributed by atoms with Crippen LogP contribution >= 0.6 is 11.6 Å². The molecule has 0 heterocycles. The molecular formula is C22H28ClNO2. The quantitative estimate of drug-likeness (QED) is 0.695. The summed E-state index contributed by atoms with van der Waals surface area (Å²) in [6.45, 7) is 12.7. The van der Waals surface area contributed by atoms with Crippen LogP contribution in [-0.4, -0.2) is 13.0 Å². The Morgan fingerprint density at radius 1 is 0.962 bits per heavy atom. The van der Waals surface area contributed by atoms with Crippen molar-refractivity contribution in [3.05, 3.63) is 58.1 Å². The second-order valence-corrected chi connectivity index (χ2v) is 8.95. The van der Waals surface area contributed by atoms with Crippen LogP contribution in [0.4, 0.5) is 5.69 Å². The molecule has 2 aromatic carbocycles. The molecule has 0 aliphatic rings. The summed E-state index contributed by atoms with van der Waals surface area (Å²) in [5, 5.41) is 3.42. The van der Waals surface area contributed by atoms with Crippen molar-refractivity contribution in [2.45, 2.75) is 52.4 Å². The molecule has 0 aliphatic heterocycles. The summed E-state index contributed by atoms with van der Waals surface area (Å²) in [6.07, 6.45) is 0. The van der Waals surface area contributed by atoms with Gasteiger partial charge in [0.2, 0.25) is 0 Å². The molecule has 0 radical (unpaired) electrons. The van der Waals surface area contributed by atoms with Gasteiger partial charge in [-0.1, -0.05) is 65.3 Å². The van der Waals surface area contributed by atoms with E-state index in [1.165, 1.54) is 0 Å². The summed E-state index contributed by atoms with van der Waals surface area (Å²) in [6, 6.07) is 11.1. The number of carbonyl (C=O) groups is 1. The van der Waals surface area contributed by atoms with Gasteiger partial charge in [0.15, 0.2) is 0 Å². The van der Waals surface area contributed by atoms with E-state index in [-0.39, 0.29) is 16.7 Å². The summed E-state index contributed by atoms with van der Waals surface area (Å²) in [5.74, 6) is 0.663. The van der Waals surface area contributed by atoms with Crippen LogP contribution in [0.2, 0.25) is 5.02 Å². The molecule has 0 bridgehead atoms. The number of amides is 1. The molecule has 3 nitrogen and oxygen atoms in total. The topological polar surface area (TPSA) is 38.3 Å². The largest absolute Gasteiger partial charge is 0.496 e. The van der Waals surface area contributed by atoms with E-state index in [1.807, 2.05) is 24.3 Å². The Hall–Kier alpha value is -2.00.